The van der Waals surface area contributed by atoms with E-state index in [1.807, 2.05) is 6.07 Å². The van der Waals surface area contributed by atoms with E-state index in [1.54, 1.807) is 13.3 Å². The van der Waals surface area contributed by atoms with Gasteiger partial charge in [0.15, 0.2) is 0 Å². The summed E-state index contributed by atoms with van der Waals surface area (Å²) in [6.45, 7) is 3.29. The minimum Gasteiger partial charge on any atom is -0.384 e. The number of nitrogens with two attached hydrogens (primary N) is 1. The second-order valence-electron chi connectivity index (χ2n) is 4.75. The monoisotopic (exact) mass is 269 g/mol. The average molecular weight is 270 g/mol. The Bertz CT molecular complexity index is 398. The summed E-state index contributed by atoms with van der Waals surface area (Å²) < 4.78 is 5.24. The first kappa shape index (κ1) is 13.6. The SMILES string of the molecule is COCC1CCCN(c2cc(CN)c(Cl)cn2)C1. The number of rotatable bonds is 4. The molecule has 5 heteroatoms. The summed E-state index contributed by atoms with van der Waals surface area (Å²) in [6, 6.07) is 2.00. The zero-order valence-electron chi connectivity index (χ0n) is 10.7. The van der Waals surface area contributed by atoms with E-state index < -0.39 is 0 Å². The average Bonchev–Trinajstić information content (AvgIpc) is 2.40. The van der Waals surface area contributed by atoms with Gasteiger partial charge in [-0.1, -0.05) is 11.6 Å². The number of aromatic nitrogens is 1. The van der Waals surface area contributed by atoms with Crippen LogP contribution in [0.2, 0.25) is 5.02 Å². The molecule has 1 aliphatic rings. The van der Waals surface area contributed by atoms with Crippen molar-refractivity contribution in [3.8, 4) is 0 Å². The molecule has 1 atom stereocenters. The number of pyridine rings is 1. The van der Waals surface area contributed by atoms with Gasteiger partial charge in [0.1, 0.15) is 5.82 Å². The maximum atomic E-state index is 6.03. The van der Waals surface area contributed by atoms with Gasteiger partial charge in [0, 0.05) is 32.9 Å². The second-order valence-corrected chi connectivity index (χ2v) is 5.15. The standard InChI is InChI=1S/C13H20ClN3O/c1-18-9-10-3-2-4-17(8-10)13-5-11(6-15)12(14)7-16-13/h5,7,10H,2-4,6,8-9,15H2,1H3. The molecule has 4 nitrogen and oxygen atoms in total. The highest BCUT2D eigenvalue weighted by Crippen LogP contribution is 2.25. The van der Waals surface area contributed by atoms with E-state index in [0.29, 0.717) is 17.5 Å². The van der Waals surface area contributed by atoms with Crippen molar-refractivity contribution in [1.29, 1.82) is 0 Å². The molecule has 1 fully saturated rings. The van der Waals surface area contributed by atoms with E-state index >= 15 is 0 Å². The van der Waals surface area contributed by atoms with Gasteiger partial charge in [0.05, 0.1) is 11.6 Å². The molecule has 0 aliphatic carbocycles. The van der Waals surface area contributed by atoms with Crippen LogP contribution in [0.15, 0.2) is 12.3 Å². The lowest BCUT2D eigenvalue weighted by molar-refractivity contribution is 0.143. The van der Waals surface area contributed by atoms with Crippen molar-refractivity contribution in [3.63, 3.8) is 0 Å². The number of piperidine rings is 1. The molecule has 2 heterocycles. The Morgan fingerprint density at radius 3 is 3.17 bits per heavy atom. The minimum absolute atomic E-state index is 0.448. The maximum Gasteiger partial charge on any atom is 0.128 e. The molecular weight excluding hydrogens is 250 g/mol. The van der Waals surface area contributed by atoms with Gasteiger partial charge in [-0.15, -0.1) is 0 Å². The molecule has 0 radical (unpaired) electrons. The number of ether oxygens (including phenoxy) is 1. The van der Waals surface area contributed by atoms with Crippen LogP contribution < -0.4 is 10.6 Å². The number of nitrogens with zero attached hydrogens (tertiary/aromatic N) is 2. The number of hydrogen-bond acceptors (Lipinski definition) is 4. The lowest BCUT2D eigenvalue weighted by Gasteiger charge is -2.33. The van der Waals surface area contributed by atoms with Gasteiger partial charge in [-0.25, -0.2) is 4.98 Å². The predicted molar refractivity (Wildman–Crippen MR) is 74.0 cm³/mol. The Balaban J connectivity index is 2.10. The zero-order valence-corrected chi connectivity index (χ0v) is 11.5. The molecule has 1 aromatic rings. The molecule has 1 aliphatic heterocycles. The first-order valence-electron chi connectivity index (χ1n) is 6.33. The Labute approximate surface area is 113 Å². The molecule has 100 valence electrons. The van der Waals surface area contributed by atoms with E-state index in [1.165, 1.54) is 12.8 Å². The third-order valence-corrected chi connectivity index (χ3v) is 3.73. The molecule has 0 bridgehead atoms. The molecule has 0 spiro atoms. The van der Waals surface area contributed by atoms with E-state index in [4.69, 9.17) is 22.1 Å². The minimum atomic E-state index is 0.448. The van der Waals surface area contributed by atoms with Crippen LogP contribution in [0.3, 0.4) is 0 Å². The highest BCUT2D eigenvalue weighted by molar-refractivity contribution is 6.31. The Morgan fingerprint density at radius 1 is 1.61 bits per heavy atom. The third kappa shape index (κ3) is 3.13. The Kier molecular flexibility index (Phi) is 4.80. The molecule has 1 saturated heterocycles. The highest BCUT2D eigenvalue weighted by atomic mass is 35.5. The van der Waals surface area contributed by atoms with Gasteiger partial charge in [-0.2, -0.15) is 0 Å². The smallest absolute Gasteiger partial charge is 0.128 e. The van der Waals surface area contributed by atoms with Crippen LogP contribution in [0, 0.1) is 5.92 Å². The van der Waals surface area contributed by atoms with Crippen molar-refractivity contribution < 1.29 is 4.74 Å². The van der Waals surface area contributed by atoms with Crippen molar-refractivity contribution in [3.05, 3.63) is 22.8 Å². The summed E-state index contributed by atoms with van der Waals surface area (Å²) in [5, 5.41) is 0.645. The molecule has 2 rings (SSSR count). The lowest BCUT2D eigenvalue weighted by atomic mass is 9.99. The van der Waals surface area contributed by atoms with E-state index in [-0.39, 0.29) is 0 Å². The highest BCUT2D eigenvalue weighted by Gasteiger charge is 2.21. The van der Waals surface area contributed by atoms with Gasteiger partial charge in [-0.05, 0) is 30.4 Å². The van der Waals surface area contributed by atoms with Crippen LogP contribution >= 0.6 is 11.6 Å². The predicted octanol–water partition coefficient (Wildman–Crippen LogP) is 2.06. The van der Waals surface area contributed by atoms with Gasteiger partial charge < -0.3 is 15.4 Å². The third-order valence-electron chi connectivity index (χ3n) is 3.39. The number of anilines is 1. The van der Waals surface area contributed by atoms with E-state index in [0.717, 1.165) is 31.1 Å². The first-order valence-corrected chi connectivity index (χ1v) is 6.70. The van der Waals surface area contributed by atoms with Gasteiger partial charge in [-0.3, -0.25) is 0 Å². The summed E-state index contributed by atoms with van der Waals surface area (Å²) in [5.74, 6) is 1.56. The molecule has 0 saturated carbocycles. The fraction of sp³-hybridized carbons (Fsp3) is 0.615. The van der Waals surface area contributed by atoms with Crippen LogP contribution in [-0.4, -0.2) is 31.8 Å². The lowest BCUT2D eigenvalue weighted by Crippen LogP contribution is -2.37. The molecule has 1 aromatic heterocycles. The normalized spacial score (nSPS) is 20.2. The van der Waals surface area contributed by atoms with E-state index in [9.17, 15) is 0 Å². The van der Waals surface area contributed by atoms with Crippen molar-refractivity contribution in [2.24, 2.45) is 11.7 Å². The fourth-order valence-electron chi connectivity index (χ4n) is 2.44. The van der Waals surface area contributed by atoms with Gasteiger partial charge >= 0.3 is 0 Å². The summed E-state index contributed by atoms with van der Waals surface area (Å²) in [7, 11) is 1.76. The van der Waals surface area contributed by atoms with Crippen molar-refractivity contribution in [1.82, 2.24) is 4.98 Å². The summed E-state index contributed by atoms with van der Waals surface area (Å²) in [6.07, 6.45) is 4.09. The Hall–Kier alpha value is -0.840. The maximum absolute atomic E-state index is 6.03. The van der Waals surface area contributed by atoms with Crippen molar-refractivity contribution in [2.75, 3.05) is 31.7 Å². The fourth-order valence-corrected chi connectivity index (χ4v) is 2.62. The molecule has 2 N–H and O–H groups in total. The zero-order chi connectivity index (χ0) is 13.0. The summed E-state index contributed by atoms with van der Waals surface area (Å²) in [4.78, 5) is 6.70. The largest absolute Gasteiger partial charge is 0.384 e. The summed E-state index contributed by atoms with van der Waals surface area (Å²) in [5.41, 5.74) is 6.63. The molecule has 18 heavy (non-hydrogen) atoms. The van der Waals surface area contributed by atoms with E-state index in [2.05, 4.69) is 9.88 Å². The quantitative estimate of drug-likeness (QED) is 0.909. The van der Waals surface area contributed by atoms with Gasteiger partial charge in [0.2, 0.25) is 0 Å². The number of halogens is 1. The molecule has 0 aromatic carbocycles. The van der Waals surface area contributed by atoms with Crippen LogP contribution in [0.5, 0.6) is 0 Å². The second kappa shape index (κ2) is 6.36. The van der Waals surface area contributed by atoms with Crippen molar-refractivity contribution >= 4 is 17.4 Å². The number of hydrogen-bond donors (Lipinski definition) is 1. The van der Waals surface area contributed by atoms with Crippen LogP contribution in [0.1, 0.15) is 18.4 Å². The van der Waals surface area contributed by atoms with Crippen LogP contribution in [-0.2, 0) is 11.3 Å². The topological polar surface area (TPSA) is 51.4 Å². The number of methoxy groups -OCH3 is 1. The van der Waals surface area contributed by atoms with Gasteiger partial charge in [0.25, 0.3) is 0 Å². The molecular formula is C13H20ClN3O. The summed E-state index contributed by atoms with van der Waals surface area (Å²) >= 11 is 6.03. The van der Waals surface area contributed by atoms with Crippen molar-refractivity contribution in [2.45, 2.75) is 19.4 Å². The van der Waals surface area contributed by atoms with Crippen LogP contribution in [0.4, 0.5) is 5.82 Å². The van der Waals surface area contributed by atoms with Crippen LogP contribution in [0.25, 0.3) is 0 Å². The molecule has 1 unspecified atom stereocenters. The first-order chi connectivity index (χ1) is 8.74. The molecule has 0 amide bonds. The Morgan fingerprint density at radius 2 is 2.44 bits per heavy atom.